The second-order valence-corrected chi connectivity index (χ2v) is 5.20. The quantitative estimate of drug-likeness (QED) is 0.708. The molecule has 0 aliphatic heterocycles. The number of benzene rings is 1. The number of carbonyl (C=O) groups is 2. The second-order valence-electron chi connectivity index (χ2n) is 5.20. The van der Waals surface area contributed by atoms with Crippen LogP contribution in [0.3, 0.4) is 0 Å². The number of aliphatic carboxylic acids is 1. The van der Waals surface area contributed by atoms with E-state index in [1.165, 1.54) is 12.0 Å². The van der Waals surface area contributed by atoms with Crippen molar-refractivity contribution in [2.45, 2.75) is 26.3 Å². The minimum Gasteiger partial charge on any atom is -0.493 e. The van der Waals surface area contributed by atoms with Crippen molar-refractivity contribution >= 4 is 11.9 Å². The Balaban J connectivity index is 3.00. The highest BCUT2D eigenvalue weighted by Crippen LogP contribution is 2.28. The number of nitrogens with zero attached hydrogens (tertiary/aromatic N) is 1. The van der Waals surface area contributed by atoms with Crippen molar-refractivity contribution in [3.8, 4) is 11.5 Å². The largest absolute Gasteiger partial charge is 0.493 e. The molecule has 1 N–H and O–H groups in total. The highest BCUT2D eigenvalue weighted by atomic mass is 16.5. The Bertz CT molecular complexity index is 568. The van der Waals surface area contributed by atoms with E-state index in [4.69, 9.17) is 14.6 Å². The second kappa shape index (κ2) is 8.82. The van der Waals surface area contributed by atoms with E-state index in [2.05, 4.69) is 6.58 Å². The van der Waals surface area contributed by atoms with Crippen LogP contribution in [0.4, 0.5) is 0 Å². The summed E-state index contributed by atoms with van der Waals surface area (Å²) in [7, 11) is 1.50. The van der Waals surface area contributed by atoms with Crippen LogP contribution < -0.4 is 9.47 Å². The van der Waals surface area contributed by atoms with Gasteiger partial charge >= 0.3 is 5.97 Å². The molecule has 1 amide bonds. The molecule has 0 aliphatic rings. The lowest BCUT2D eigenvalue weighted by Crippen LogP contribution is -2.38. The number of carboxylic acids is 1. The molecule has 0 atom stereocenters. The predicted octanol–water partition coefficient (Wildman–Crippen LogP) is 2.59. The van der Waals surface area contributed by atoms with Crippen molar-refractivity contribution in [3.05, 3.63) is 36.4 Å². The van der Waals surface area contributed by atoms with Gasteiger partial charge in [-0.25, -0.2) is 0 Å². The number of amides is 1. The molecule has 1 rings (SSSR count). The molecular weight excluding hydrogens is 298 g/mol. The van der Waals surface area contributed by atoms with Gasteiger partial charge in [0, 0.05) is 18.2 Å². The molecule has 0 spiro atoms. The third-order valence-electron chi connectivity index (χ3n) is 3.22. The molecule has 1 aromatic carbocycles. The van der Waals surface area contributed by atoms with E-state index in [9.17, 15) is 9.59 Å². The molecule has 6 nitrogen and oxygen atoms in total. The lowest BCUT2D eigenvalue weighted by molar-refractivity contribution is -0.137. The molecule has 126 valence electrons. The van der Waals surface area contributed by atoms with E-state index < -0.39 is 5.97 Å². The maximum absolute atomic E-state index is 12.6. The van der Waals surface area contributed by atoms with Crippen LogP contribution in [0.1, 0.15) is 30.6 Å². The van der Waals surface area contributed by atoms with Gasteiger partial charge in [-0.3, -0.25) is 9.59 Å². The van der Waals surface area contributed by atoms with E-state index in [0.29, 0.717) is 23.7 Å². The van der Waals surface area contributed by atoms with Crippen LogP contribution in [0, 0.1) is 0 Å². The summed E-state index contributed by atoms with van der Waals surface area (Å²) in [6.45, 7) is 7.76. The van der Waals surface area contributed by atoms with Crippen molar-refractivity contribution in [1.29, 1.82) is 0 Å². The molecule has 0 radical (unpaired) electrons. The van der Waals surface area contributed by atoms with Gasteiger partial charge in [0.2, 0.25) is 0 Å². The van der Waals surface area contributed by atoms with Crippen LogP contribution in [-0.4, -0.2) is 48.2 Å². The van der Waals surface area contributed by atoms with Crippen molar-refractivity contribution in [3.63, 3.8) is 0 Å². The lowest BCUT2D eigenvalue weighted by atomic mass is 10.1. The highest BCUT2D eigenvalue weighted by Gasteiger charge is 2.21. The zero-order chi connectivity index (χ0) is 17.4. The van der Waals surface area contributed by atoms with E-state index in [1.807, 2.05) is 13.8 Å². The summed E-state index contributed by atoms with van der Waals surface area (Å²) in [6.07, 6.45) is 1.52. The molecule has 0 saturated heterocycles. The molecule has 0 saturated carbocycles. The Morgan fingerprint density at radius 1 is 1.35 bits per heavy atom. The number of methoxy groups -OCH3 is 1. The fourth-order valence-corrected chi connectivity index (χ4v) is 2.04. The van der Waals surface area contributed by atoms with Crippen molar-refractivity contribution in [2.24, 2.45) is 0 Å². The van der Waals surface area contributed by atoms with Crippen molar-refractivity contribution < 1.29 is 24.2 Å². The summed E-state index contributed by atoms with van der Waals surface area (Å²) in [5.41, 5.74) is 0.423. The first-order chi connectivity index (χ1) is 10.9. The van der Waals surface area contributed by atoms with Crippen LogP contribution in [0.5, 0.6) is 11.5 Å². The monoisotopic (exact) mass is 321 g/mol. The minimum absolute atomic E-state index is 0.0957. The SMILES string of the molecule is C=CCOc1ccc(C(=O)N(CCC(=O)O)C(C)C)cc1OC. The first kappa shape index (κ1) is 18.5. The minimum atomic E-state index is -0.936. The summed E-state index contributed by atoms with van der Waals surface area (Å²) < 4.78 is 10.7. The van der Waals surface area contributed by atoms with Gasteiger partial charge in [0.15, 0.2) is 11.5 Å². The Kier molecular flexibility index (Phi) is 7.12. The van der Waals surface area contributed by atoms with Crippen molar-refractivity contribution in [1.82, 2.24) is 4.90 Å². The Hall–Kier alpha value is -2.50. The van der Waals surface area contributed by atoms with E-state index in [1.54, 1.807) is 24.3 Å². The Morgan fingerprint density at radius 2 is 2.04 bits per heavy atom. The molecule has 0 bridgehead atoms. The van der Waals surface area contributed by atoms with E-state index in [-0.39, 0.29) is 24.9 Å². The normalized spacial score (nSPS) is 10.3. The van der Waals surface area contributed by atoms with Crippen LogP contribution in [0.25, 0.3) is 0 Å². The van der Waals surface area contributed by atoms with E-state index >= 15 is 0 Å². The molecule has 0 fully saturated rings. The molecule has 0 unspecified atom stereocenters. The van der Waals surface area contributed by atoms with Gasteiger partial charge in [0.25, 0.3) is 5.91 Å². The van der Waals surface area contributed by atoms with Gasteiger partial charge in [0.1, 0.15) is 6.61 Å². The molecule has 0 aromatic heterocycles. The smallest absolute Gasteiger partial charge is 0.305 e. The Morgan fingerprint density at radius 3 is 2.57 bits per heavy atom. The lowest BCUT2D eigenvalue weighted by Gasteiger charge is -2.26. The Labute approximate surface area is 136 Å². The van der Waals surface area contributed by atoms with Gasteiger partial charge in [-0.05, 0) is 32.0 Å². The topological polar surface area (TPSA) is 76.1 Å². The maximum Gasteiger partial charge on any atom is 0.305 e. The first-order valence-electron chi connectivity index (χ1n) is 7.35. The highest BCUT2D eigenvalue weighted by molar-refractivity contribution is 5.95. The van der Waals surface area contributed by atoms with Gasteiger partial charge in [-0.15, -0.1) is 0 Å². The average molecular weight is 321 g/mol. The maximum atomic E-state index is 12.6. The third kappa shape index (κ3) is 5.32. The fraction of sp³-hybridized carbons (Fsp3) is 0.412. The summed E-state index contributed by atoms with van der Waals surface area (Å²) >= 11 is 0. The molecule has 0 heterocycles. The van der Waals surface area contributed by atoms with Gasteiger partial charge in [0.05, 0.1) is 13.5 Å². The van der Waals surface area contributed by atoms with Crippen LogP contribution in [0.2, 0.25) is 0 Å². The number of rotatable bonds is 9. The number of ether oxygens (including phenoxy) is 2. The van der Waals surface area contributed by atoms with Gasteiger partial charge < -0.3 is 19.5 Å². The number of hydrogen-bond donors (Lipinski definition) is 1. The number of hydrogen-bond acceptors (Lipinski definition) is 4. The summed E-state index contributed by atoms with van der Waals surface area (Å²) in [6, 6.07) is 4.78. The fourth-order valence-electron chi connectivity index (χ4n) is 2.04. The van der Waals surface area contributed by atoms with Gasteiger partial charge in [-0.2, -0.15) is 0 Å². The summed E-state index contributed by atoms with van der Waals surface area (Å²) in [4.78, 5) is 24.9. The zero-order valence-corrected chi connectivity index (χ0v) is 13.7. The molecule has 23 heavy (non-hydrogen) atoms. The molecule has 6 heteroatoms. The number of carbonyl (C=O) groups excluding carboxylic acids is 1. The van der Waals surface area contributed by atoms with Crippen LogP contribution >= 0.6 is 0 Å². The molecule has 1 aromatic rings. The van der Waals surface area contributed by atoms with Crippen LogP contribution in [-0.2, 0) is 4.79 Å². The number of carboxylic acid groups (broad SMARTS) is 1. The van der Waals surface area contributed by atoms with Crippen LogP contribution in [0.15, 0.2) is 30.9 Å². The van der Waals surface area contributed by atoms with E-state index in [0.717, 1.165) is 0 Å². The summed E-state index contributed by atoms with van der Waals surface area (Å²) in [5, 5.41) is 8.81. The molecule has 0 aliphatic carbocycles. The standard InChI is InChI=1S/C17H23NO5/c1-5-10-23-14-7-6-13(11-15(14)22-4)17(21)18(12(2)3)9-8-16(19)20/h5-7,11-12H,1,8-10H2,2-4H3,(H,19,20). The summed E-state index contributed by atoms with van der Waals surface area (Å²) in [5.74, 6) is -0.214. The average Bonchev–Trinajstić information content (AvgIpc) is 2.52. The third-order valence-corrected chi connectivity index (χ3v) is 3.22. The zero-order valence-electron chi connectivity index (χ0n) is 13.7. The first-order valence-corrected chi connectivity index (χ1v) is 7.35. The molecular formula is C17H23NO5. The van der Waals surface area contributed by atoms with Crippen molar-refractivity contribution in [2.75, 3.05) is 20.3 Å². The predicted molar refractivity (Wildman–Crippen MR) is 87.1 cm³/mol. The van der Waals surface area contributed by atoms with Gasteiger partial charge in [-0.1, -0.05) is 12.7 Å².